The van der Waals surface area contributed by atoms with E-state index < -0.39 is 17.1 Å². The highest BCUT2D eigenvalue weighted by atomic mass is 32.2. The van der Waals surface area contributed by atoms with Crippen molar-refractivity contribution in [3.63, 3.8) is 0 Å². The summed E-state index contributed by atoms with van der Waals surface area (Å²) in [6.07, 6.45) is -0.0558. The van der Waals surface area contributed by atoms with Crippen LogP contribution in [0.25, 0.3) is 10.2 Å². The maximum Gasteiger partial charge on any atom is 0.308 e. The van der Waals surface area contributed by atoms with Crippen LogP contribution in [0, 0.1) is 5.92 Å². The summed E-state index contributed by atoms with van der Waals surface area (Å²) in [7, 11) is 3.28. The molecule has 0 fully saturated rings. The van der Waals surface area contributed by atoms with Gasteiger partial charge in [0.2, 0.25) is 5.91 Å². The van der Waals surface area contributed by atoms with Gasteiger partial charge >= 0.3 is 5.97 Å². The molecule has 1 heterocycles. The average Bonchev–Trinajstić information content (AvgIpc) is 3.07. The number of carboxylic acids is 1. The van der Waals surface area contributed by atoms with Crippen LogP contribution in [0.4, 0.5) is 0 Å². The van der Waals surface area contributed by atoms with E-state index in [9.17, 15) is 14.7 Å². The SMILES string of the molecule is CN(C)C(=O)CC(C(=O)O)C(Sc1nc2ccccc2s1)c1ccccc1. The molecule has 1 amide bonds. The number of rotatable bonds is 7. The van der Waals surface area contributed by atoms with Gasteiger partial charge in [0, 0.05) is 20.5 Å². The van der Waals surface area contributed by atoms with Gasteiger partial charge in [0.05, 0.1) is 21.4 Å². The van der Waals surface area contributed by atoms with Crippen LogP contribution >= 0.6 is 23.1 Å². The van der Waals surface area contributed by atoms with Crippen molar-refractivity contribution in [1.29, 1.82) is 0 Å². The third-order valence-electron chi connectivity index (χ3n) is 4.21. The van der Waals surface area contributed by atoms with E-state index in [0.717, 1.165) is 20.1 Å². The van der Waals surface area contributed by atoms with Crippen LogP contribution < -0.4 is 0 Å². The molecule has 140 valence electrons. The molecule has 2 atom stereocenters. The van der Waals surface area contributed by atoms with Gasteiger partial charge in [-0.15, -0.1) is 11.3 Å². The zero-order valence-electron chi connectivity index (χ0n) is 15.0. The number of hydrogen-bond acceptors (Lipinski definition) is 5. The lowest BCUT2D eigenvalue weighted by atomic mass is 9.95. The Hall–Kier alpha value is -2.38. The van der Waals surface area contributed by atoms with Crippen molar-refractivity contribution in [2.45, 2.75) is 16.0 Å². The number of para-hydroxylation sites is 1. The standard InChI is InChI=1S/C20H20N2O3S2/c1-22(2)17(23)12-14(19(24)25)18(13-8-4-3-5-9-13)27-20-21-15-10-6-7-11-16(15)26-20/h3-11,14,18H,12H2,1-2H3,(H,24,25). The smallest absolute Gasteiger partial charge is 0.308 e. The number of aromatic nitrogens is 1. The maximum absolute atomic E-state index is 12.2. The van der Waals surface area contributed by atoms with Gasteiger partial charge in [-0.2, -0.15) is 0 Å². The van der Waals surface area contributed by atoms with Crippen LogP contribution in [0.1, 0.15) is 17.2 Å². The van der Waals surface area contributed by atoms with E-state index in [2.05, 4.69) is 4.98 Å². The topological polar surface area (TPSA) is 70.5 Å². The van der Waals surface area contributed by atoms with Gasteiger partial charge in [-0.05, 0) is 17.7 Å². The Morgan fingerprint density at radius 1 is 1.11 bits per heavy atom. The first-order valence-electron chi connectivity index (χ1n) is 8.46. The molecule has 0 radical (unpaired) electrons. The Labute approximate surface area is 166 Å². The van der Waals surface area contributed by atoms with E-state index in [-0.39, 0.29) is 12.3 Å². The molecular formula is C20H20N2O3S2. The van der Waals surface area contributed by atoms with Gasteiger partial charge < -0.3 is 10.0 Å². The van der Waals surface area contributed by atoms with Crippen LogP contribution in [0.2, 0.25) is 0 Å². The molecule has 0 aliphatic carbocycles. The fourth-order valence-electron chi connectivity index (χ4n) is 2.73. The molecule has 5 nitrogen and oxygen atoms in total. The number of thiazole rings is 1. The number of aliphatic carboxylic acids is 1. The normalized spacial score (nSPS) is 13.3. The molecule has 0 aliphatic rings. The molecule has 0 bridgehead atoms. The highest BCUT2D eigenvalue weighted by molar-refractivity contribution is 8.01. The molecule has 27 heavy (non-hydrogen) atoms. The number of carboxylic acid groups (broad SMARTS) is 1. The molecule has 0 saturated heterocycles. The van der Waals surface area contributed by atoms with E-state index in [0.29, 0.717) is 0 Å². The predicted molar refractivity (Wildman–Crippen MR) is 109 cm³/mol. The van der Waals surface area contributed by atoms with Crippen molar-refractivity contribution in [2.75, 3.05) is 14.1 Å². The first-order chi connectivity index (χ1) is 13.0. The number of fused-ring (bicyclic) bond motifs is 1. The fourth-order valence-corrected chi connectivity index (χ4v) is 5.24. The van der Waals surface area contributed by atoms with Crippen LogP contribution in [0.5, 0.6) is 0 Å². The lowest BCUT2D eigenvalue weighted by Crippen LogP contribution is -2.30. The summed E-state index contributed by atoms with van der Waals surface area (Å²) in [5.74, 6) is -2.03. The van der Waals surface area contributed by atoms with Crippen LogP contribution in [-0.2, 0) is 9.59 Å². The maximum atomic E-state index is 12.2. The third kappa shape index (κ3) is 4.67. The van der Waals surface area contributed by atoms with Crippen LogP contribution in [-0.4, -0.2) is 41.0 Å². The Morgan fingerprint density at radius 2 is 1.78 bits per heavy atom. The second kappa shape index (κ2) is 8.54. The Balaban J connectivity index is 1.96. The monoisotopic (exact) mass is 400 g/mol. The Morgan fingerprint density at radius 3 is 2.41 bits per heavy atom. The molecule has 0 saturated carbocycles. The minimum absolute atomic E-state index is 0.0558. The quantitative estimate of drug-likeness (QED) is 0.599. The summed E-state index contributed by atoms with van der Waals surface area (Å²) in [6, 6.07) is 17.3. The van der Waals surface area contributed by atoms with Crippen molar-refractivity contribution >= 4 is 45.2 Å². The molecule has 0 aliphatic heterocycles. The largest absolute Gasteiger partial charge is 0.481 e. The number of nitrogens with zero attached hydrogens (tertiary/aromatic N) is 2. The minimum atomic E-state index is -0.979. The lowest BCUT2D eigenvalue weighted by molar-refractivity contribution is -0.145. The molecule has 2 aromatic carbocycles. The molecule has 7 heteroatoms. The fraction of sp³-hybridized carbons (Fsp3) is 0.250. The van der Waals surface area contributed by atoms with E-state index in [1.54, 1.807) is 14.1 Å². The highest BCUT2D eigenvalue weighted by Crippen LogP contribution is 2.44. The number of carbonyl (C=O) groups is 2. The summed E-state index contributed by atoms with van der Waals surface area (Å²) in [6.45, 7) is 0. The highest BCUT2D eigenvalue weighted by Gasteiger charge is 2.33. The Bertz CT molecular complexity index is 908. The van der Waals surface area contributed by atoms with Crippen molar-refractivity contribution < 1.29 is 14.7 Å². The van der Waals surface area contributed by atoms with Crippen molar-refractivity contribution in [2.24, 2.45) is 5.92 Å². The summed E-state index contributed by atoms with van der Waals surface area (Å²) >= 11 is 2.95. The number of amides is 1. The average molecular weight is 401 g/mol. The molecule has 3 aromatic rings. The van der Waals surface area contributed by atoms with E-state index >= 15 is 0 Å². The van der Waals surface area contributed by atoms with Gasteiger partial charge in [-0.3, -0.25) is 9.59 Å². The summed E-state index contributed by atoms with van der Waals surface area (Å²) in [5.41, 5.74) is 1.77. The van der Waals surface area contributed by atoms with Crippen molar-refractivity contribution in [3.05, 3.63) is 60.2 Å². The van der Waals surface area contributed by atoms with Gasteiger partial charge in [0.15, 0.2) is 4.34 Å². The molecule has 1 aromatic heterocycles. The van der Waals surface area contributed by atoms with Gasteiger partial charge in [-0.25, -0.2) is 4.98 Å². The first-order valence-corrected chi connectivity index (χ1v) is 10.2. The summed E-state index contributed by atoms with van der Waals surface area (Å²) in [5, 5.41) is 9.44. The predicted octanol–water partition coefficient (Wildman–Crippen LogP) is 4.31. The lowest BCUT2D eigenvalue weighted by Gasteiger charge is -2.24. The van der Waals surface area contributed by atoms with E-state index in [4.69, 9.17) is 0 Å². The van der Waals surface area contributed by atoms with Gasteiger partial charge in [-0.1, -0.05) is 54.2 Å². The van der Waals surface area contributed by atoms with Crippen LogP contribution in [0.15, 0.2) is 58.9 Å². The molecule has 0 spiro atoms. The minimum Gasteiger partial charge on any atom is -0.481 e. The third-order valence-corrected chi connectivity index (χ3v) is 6.72. The first kappa shape index (κ1) is 19.4. The molecule has 1 N–H and O–H groups in total. The second-order valence-corrected chi connectivity index (χ2v) is 8.75. The summed E-state index contributed by atoms with van der Waals surface area (Å²) < 4.78 is 1.86. The molecular weight excluding hydrogens is 380 g/mol. The number of carbonyl (C=O) groups excluding carboxylic acids is 1. The van der Waals surface area contributed by atoms with Gasteiger partial charge in [0.1, 0.15) is 0 Å². The number of thioether (sulfide) groups is 1. The van der Waals surface area contributed by atoms with Crippen LogP contribution in [0.3, 0.4) is 0 Å². The molecule has 3 rings (SSSR count). The van der Waals surface area contributed by atoms with E-state index in [1.165, 1.54) is 28.0 Å². The summed E-state index contributed by atoms with van der Waals surface area (Å²) in [4.78, 5) is 30.3. The molecule has 2 unspecified atom stereocenters. The number of benzene rings is 2. The van der Waals surface area contributed by atoms with E-state index in [1.807, 2.05) is 54.6 Å². The number of hydrogen-bond donors (Lipinski definition) is 1. The van der Waals surface area contributed by atoms with Gasteiger partial charge in [0.25, 0.3) is 0 Å². The van der Waals surface area contributed by atoms with Crippen molar-refractivity contribution in [1.82, 2.24) is 9.88 Å². The van der Waals surface area contributed by atoms with Crippen molar-refractivity contribution in [3.8, 4) is 0 Å². The second-order valence-electron chi connectivity index (χ2n) is 6.33. The zero-order chi connectivity index (χ0) is 19.4. The Kier molecular flexibility index (Phi) is 6.13. The zero-order valence-corrected chi connectivity index (χ0v) is 16.7.